The van der Waals surface area contributed by atoms with Crippen molar-refractivity contribution in [3.63, 3.8) is 0 Å². The molecule has 3 heteroatoms. The molecular formula is C15H20N2S. The van der Waals surface area contributed by atoms with Crippen LogP contribution >= 0.6 is 11.3 Å². The summed E-state index contributed by atoms with van der Waals surface area (Å²) >= 11 is 1.81. The van der Waals surface area contributed by atoms with Crippen molar-refractivity contribution in [2.24, 2.45) is 0 Å². The molecule has 2 aromatic rings. The molecule has 2 rings (SSSR count). The lowest BCUT2D eigenvalue weighted by atomic mass is 9.91. The van der Waals surface area contributed by atoms with E-state index in [2.05, 4.69) is 49.7 Å². The minimum Gasteiger partial charge on any atom is -0.398 e. The van der Waals surface area contributed by atoms with Crippen LogP contribution in [0.15, 0.2) is 35.7 Å². The van der Waals surface area contributed by atoms with Crippen LogP contribution in [-0.4, -0.2) is 6.54 Å². The van der Waals surface area contributed by atoms with Gasteiger partial charge in [0.1, 0.15) is 0 Å². The summed E-state index contributed by atoms with van der Waals surface area (Å²) < 4.78 is 0. The van der Waals surface area contributed by atoms with Crippen LogP contribution in [0.4, 0.5) is 11.4 Å². The molecule has 3 N–H and O–H groups in total. The third-order valence-corrected chi connectivity index (χ3v) is 4.52. The standard InChI is InChI=1S/C15H20N2S/c1-11-12(16)6-4-7-13(11)17-10-15(2,3)14-8-5-9-18-14/h4-9,17H,10,16H2,1-3H3. The van der Waals surface area contributed by atoms with Crippen LogP contribution in [0.3, 0.4) is 0 Å². The Morgan fingerprint density at radius 3 is 2.67 bits per heavy atom. The van der Waals surface area contributed by atoms with Crippen molar-refractivity contribution >= 4 is 22.7 Å². The smallest absolute Gasteiger partial charge is 0.0390 e. The molecule has 1 heterocycles. The van der Waals surface area contributed by atoms with Gasteiger partial charge in [-0.15, -0.1) is 11.3 Å². The van der Waals surface area contributed by atoms with Crippen molar-refractivity contribution in [3.8, 4) is 0 Å². The summed E-state index contributed by atoms with van der Waals surface area (Å²) in [5.41, 5.74) is 9.14. The Hall–Kier alpha value is -1.48. The van der Waals surface area contributed by atoms with Crippen LogP contribution in [-0.2, 0) is 5.41 Å². The van der Waals surface area contributed by atoms with Gasteiger partial charge in [-0.1, -0.05) is 26.0 Å². The van der Waals surface area contributed by atoms with E-state index in [9.17, 15) is 0 Å². The average molecular weight is 260 g/mol. The first kappa shape index (κ1) is 13.0. The number of nitrogens with two attached hydrogens (primary N) is 1. The number of hydrogen-bond acceptors (Lipinski definition) is 3. The van der Waals surface area contributed by atoms with Gasteiger partial charge in [0.15, 0.2) is 0 Å². The Kier molecular flexibility index (Phi) is 3.62. The van der Waals surface area contributed by atoms with Gasteiger partial charge in [0, 0.05) is 28.2 Å². The molecule has 96 valence electrons. The maximum absolute atomic E-state index is 5.92. The minimum atomic E-state index is 0.130. The number of nitrogens with one attached hydrogen (secondary N) is 1. The zero-order valence-corrected chi connectivity index (χ0v) is 12.0. The second-order valence-electron chi connectivity index (χ2n) is 5.23. The molecule has 0 radical (unpaired) electrons. The third kappa shape index (κ3) is 2.67. The number of hydrogen-bond donors (Lipinski definition) is 2. The van der Waals surface area contributed by atoms with E-state index in [4.69, 9.17) is 5.73 Å². The van der Waals surface area contributed by atoms with Gasteiger partial charge in [0.05, 0.1) is 0 Å². The summed E-state index contributed by atoms with van der Waals surface area (Å²) in [7, 11) is 0. The van der Waals surface area contributed by atoms with Crippen molar-refractivity contribution in [1.29, 1.82) is 0 Å². The van der Waals surface area contributed by atoms with Crippen LogP contribution in [0.1, 0.15) is 24.3 Å². The summed E-state index contributed by atoms with van der Waals surface area (Å²) in [6.07, 6.45) is 0. The zero-order valence-electron chi connectivity index (χ0n) is 11.2. The van der Waals surface area contributed by atoms with E-state index in [1.807, 2.05) is 23.5 Å². The van der Waals surface area contributed by atoms with Crippen LogP contribution in [0, 0.1) is 6.92 Å². The molecule has 0 aliphatic rings. The molecule has 2 nitrogen and oxygen atoms in total. The molecule has 0 saturated carbocycles. The fraction of sp³-hybridized carbons (Fsp3) is 0.333. The monoisotopic (exact) mass is 260 g/mol. The van der Waals surface area contributed by atoms with E-state index in [0.29, 0.717) is 0 Å². The molecule has 0 aliphatic heterocycles. The van der Waals surface area contributed by atoms with Crippen molar-refractivity contribution in [3.05, 3.63) is 46.2 Å². The number of benzene rings is 1. The van der Waals surface area contributed by atoms with E-state index < -0.39 is 0 Å². The van der Waals surface area contributed by atoms with Crippen molar-refractivity contribution in [2.45, 2.75) is 26.2 Å². The summed E-state index contributed by atoms with van der Waals surface area (Å²) in [5, 5.41) is 5.64. The number of anilines is 2. The lowest BCUT2D eigenvalue weighted by Crippen LogP contribution is -2.26. The first-order valence-electron chi connectivity index (χ1n) is 6.13. The maximum Gasteiger partial charge on any atom is 0.0390 e. The molecule has 18 heavy (non-hydrogen) atoms. The third-order valence-electron chi connectivity index (χ3n) is 3.28. The highest BCUT2D eigenvalue weighted by Gasteiger charge is 2.21. The van der Waals surface area contributed by atoms with Gasteiger partial charge in [0.25, 0.3) is 0 Å². The largest absolute Gasteiger partial charge is 0.398 e. The number of nitrogen functional groups attached to an aromatic ring is 1. The summed E-state index contributed by atoms with van der Waals surface area (Å²) in [6.45, 7) is 7.47. The Bertz CT molecular complexity index is 515. The fourth-order valence-electron chi connectivity index (χ4n) is 1.91. The van der Waals surface area contributed by atoms with Crippen molar-refractivity contribution < 1.29 is 0 Å². The predicted molar refractivity (Wildman–Crippen MR) is 81.4 cm³/mol. The molecule has 0 atom stereocenters. The first-order valence-corrected chi connectivity index (χ1v) is 7.01. The van der Waals surface area contributed by atoms with E-state index in [1.54, 1.807) is 0 Å². The highest BCUT2D eigenvalue weighted by molar-refractivity contribution is 7.10. The van der Waals surface area contributed by atoms with E-state index in [-0.39, 0.29) is 5.41 Å². The predicted octanol–water partition coefficient (Wildman–Crippen LogP) is 4.03. The van der Waals surface area contributed by atoms with E-state index >= 15 is 0 Å². The summed E-state index contributed by atoms with van der Waals surface area (Å²) in [6, 6.07) is 10.3. The normalized spacial score (nSPS) is 11.5. The van der Waals surface area contributed by atoms with Gasteiger partial charge in [0.2, 0.25) is 0 Å². The van der Waals surface area contributed by atoms with Crippen LogP contribution in [0.2, 0.25) is 0 Å². The number of thiophene rings is 1. The maximum atomic E-state index is 5.92. The van der Waals surface area contributed by atoms with Gasteiger partial charge in [-0.25, -0.2) is 0 Å². The second-order valence-corrected chi connectivity index (χ2v) is 6.18. The van der Waals surface area contributed by atoms with Crippen LogP contribution < -0.4 is 11.1 Å². The Balaban J connectivity index is 2.10. The fourth-order valence-corrected chi connectivity index (χ4v) is 2.76. The molecule has 1 aromatic carbocycles. The molecule has 0 fully saturated rings. The van der Waals surface area contributed by atoms with Gasteiger partial charge >= 0.3 is 0 Å². The molecule has 0 spiro atoms. The average Bonchev–Trinajstić information content (AvgIpc) is 2.85. The summed E-state index contributed by atoms with van der Waals surface area (Å²) in [4.78, 5) is 1.40. The minimum absolute atomic E-state index is 0.130. The quantitative estimate of drug-likeness (QED) is 0.815. The van der Waals surface area contributed by atoms with E-state index in [1.165, 1.54) is 4.88 Å². The number of rotatable bonds is 4. The van der Waals surface area contributed by atoms with Gasteiger partial charge < -0.3 is 11.1 Å². The molecular weight excluding hydrogens is 240 g/mol. The second kappa shape index (κ2) is 5.02. The van der Waals surface area contributed by atoms with Gasteiger partial charge in [-0.05, 0) is 36.1 Å². The van der Waals surface area contributed by atoms with Gasteiger partial charge in [-0.3, -0.25) is 0 Å². The van der Waals surface area contributed by atoms with Crippen molar-refractivity contribution in [1.82, 2.24) is 0 Å². The van der Waals surface area contributed by atoms with Crippen LogP contribution in [0.5, 0.6) is 0 Å². The zero-order chi connectivity index (χ0) is 13.2. The molecule has 0 amide bonds. The first-order chi connectivity index (χ1) is 8.50. The molecule has 0 aliphatic carbocycles. The van der Waals surface area contributed by atoms with Crippen LogP contribution in [0.25, 0.3) is 0 Å². The molecule has 1 aromatic heterocycles. The molecule has 0 saturated heterocycles. The van der Waals surface area contributed by atoms with E-state index in [0.717, 1.165) is 23.5 Å². The van der Waals surface area contributed by atoms with Crippen molar-refractivity contribution in [2.75, 3.05) is 17.6 Å². The Morgan fingerprint density at radius 1 is 1.22 bits per heavy atom. The SMILES string of the molecule is Cc1c(N)cccc1NCC(C)(C)c1cccs1. The summed E-state index contributed by atoms with van der Waals surface area (Å²) in [5.74, 6) is 0. The van der Waals surface area contributed by atoms with Gasteiger partial charge in [-0.2, -0.15) is 0 Å². The Morgan fingerprint density at radius 2 is 2.00 bits per heavy atom. The lowest BCUT2D eigenvalue weighted by molar-refractivity contribution is 0.569. The lowest BCUT2D eigenvalue weighted by Gasteiger charge is -2.25. The highest BCUT2D eigenvalue weighted by atomic mass is 32.1. The highest BCUT2D eigenvalue weighted by Crippen LogP contribution is 2.29. The topological polar surface area (TPSA) is 38.0 Å². The Labute approximate surface area is 113 Å². The molecule has 0 bridgehead atoms. The molecule has 0 unspecified atom stereocenters.